The average Bonchev–Trinajstić information content (AvgIpc) is 3.55. The number of nitrogen functional groups attached to an aromatic ring is 1. The highest BCUT2D eigenvalue weighted by atomic mass is 19.1. The summed E-state index contributed by atoms with van der Waals surface area (Å²) < 4.78 is 23.3. The van der Waals surface area contributed by atoms with E-state index >= 15 is 0 Å². The fraction of sp³-hybridized carbons (Fsp3) is 0.192. The smallest absolute Gasteiger partial charge is 0.291 e. The number of carbonyl (C=O) groups is 1. The Labute approximate surface area is 211 Å². The van der Waals surface area contributed by atoms with Crippen molar-refractivity contribution < 1.29 is 13.9 Å². The number of anilines is 1. The predicted octanol–water partition coefficient (Wildman–Crippen LogP) is 2.92. The minimum absolute atomic E-state index is 0.0167. The van der Waals surface area contributed by atoms with Gasteiger partial charge in [0.05, 0.1) is 13.1 Å². The zero-order valence-electron chi connectivity index (χ0n) is 20.1. The van der Waals surface area contributed by atoms with E-state index in [0.29, 0.717) is 29.9 Å². The molecule has 0 saturated carbocycles. The van der Waals surface area contributed by atoms with E-state index in [1.165, 1.54) is 6.07 Å². The van der Waals surface area contributed by atoms with E-state index in [1.54, 1.807) is 36.3 Å². The van der Waals surface area contributed by atoms with Crippen LogP contribution in [-0.2, 0) is 31.0 Å². The zero-order valence-corrected chi connectivity index (χ0v) is 20.1. The maximum atomic E-state index is 14.6. The molecular formula is C26H25FN8O2. The first-order valence-electron chi connectivity index (χ1n) is 11.6. The van der Waals surface area contributed by atoms with Crippen molar-refractivity contribution in [1.82, 2.24) is 34.8 Å². The number of benzene rings is 2. The first-order chi connectivity index (χ1) is 18.0. The Kier molecular flexibility index (Phi) is 6.86. The van der Waals surface area contributed by atoms with Gasteiger partial charge in [0.2, 0.25) is 5.82 Å². The summed E-state index contributed by atoms with van der Waals surface area (Å²) in [5.74, 6) is -0.258. The van der Waals surface area contributed by atoms with Crippen LogP contribution in [0.1, 0.15) is 33.1 Å². The molecule has 5 rings (SSSR count). The fourth-order valence-corrected chi connectivity index (χ4v) is 3.99. The molecule has 3 heterocycles. The number of nitrogens with zero attached hydrogens (tertiary/aromatic N) is 6. The van der Waals surface area contributed by atoms with Gasteiger partial charge in [-0.2, -0.15) is 5.10 Å². The molecule has 3 aromatic heterocycles. The van der Waals surface area contributed by atoms with E-state index in [4.69, 9.17) is 10.5 Å². The maximum Gasteiger partial charge on any atom is 0.291 e. The number of hydrogen-bond donors (Lipinski definition) is 2. The van der Waals surface area contributed by atoms with Crippen LogP contribution < -0.4 is 11.1 Å². The number of ether oxygens (including phenoxy) is 1. The van der Waals surface area contributed by atoms with Crippen LogP contribution in [0.15, 0.2) is 67.1 Å². The molecule has 11 heteroatoms. The van der Waals surface area contributed by atoms with E-state index < -0.39 is 11.7 Å². The summed E-state index contributed by atoms with van der Waals surface area (Å²) in [5, 5.41) is 12.6. The number of halogens is 1. The fourth-order valence-electron chi connectivity index (χ4n) is 3.99. The Morgan fingerprint density at radius 3 is 2.62 bits per heavy atom. The van der Waals surface area contributed by atoms with Gasteiger partial charge < -0.3 is 15.8 Å². The van der Waals surface area contributed by atoms with Gasteiger partial charge in [-0.15, -0.1) is 5.10 Å². The Balaban J connectivity index is 1.28. The number of nitrogens with two attached hydrogens (primary N) is 1. The van der Waals surface area contributed by atoms with Crippen LogP contribution in [-0.4, -0.2) is 42.5 Å². The molecule has 0 aliphatic heterocycles. The predicted molar refractivity (Wildman–Crippen MR) is 135 cm³/mol. The van der Waals surface area contributed by atoms with Crippen molar-refractivity contribution in [2.75, 3.05) is 12.8 Å². The quantitative estimate of drug-likeness (QED) is 0.319. The number of fused-ring (bicyclic) bond motifs is 1. The van der Waals surface area contributed by atoms with E-state index in [0.717, 1.165) is 16.5 Å². The summed E-state index contributed by atoms with van der Waals surface area (Å²) in [6.07, 6.45) is 5.21. The average molecular weight is 501 g/mol. The largest absolute Gasteiger partial charge is 0.383 e. The molecule has 0 unspecified atom stereocenters. The number of aromatic nitrogens is 6. The molecule has 188 valence electrons. The van der Waals surface area contributed by atoms with Gasteiger partial charge in [-0.1, -0.05) is 24.3 Å². The molecule has 3 N–H and O–H groups in total. The number of hydrogen-bond acceptors (Lipinski definition) is 7. The van der Waals surface area contributed by atoms with E-state index in [2.05, 4.69) is 25.5 Å². The topological polar surface area (TPSA) is 126 Å². The number of carbonyl (C=O) groups excluding carboxylic acids is 1. The second-order valence-corrected chi connectivity index (χ2v) is 8.51. The molecule has 5 aromatic rings. The molecule has 0 spiro atoms. The molecule has 0 fully saturated rings. The lowest BCUT2D eigenvalue weighted by Gasteiger charge is -2.08. The van der Waals surface area contributed by atoms with Gasteiger partial charge in [-0.3, -0.25) is 9.48 Å². The number of pyridine rings is 1. The summed E-state index contributed by atoms with van der Waals surface area (Å²) in [4.78, 5) is 21.1. The Bertz CT molecular complexity index is 1530. The van der Waals surface area contributed by atoms with E-state index in [-0.39, 0.29) is 24.8 Å². The molecular weight excluding hydrogens is 475 g/mol. The number of methoxy groups -OCH3 is 1. The van der Waals surface area contributed by atoms with Crippen molar-refractivity contribution in [2.24, 2.45) is 0 Å². The van der Waals surface area contributed by atoms with Crippen LogP contribution in [0.5, 0.6) is 0 Å². The molecule has 0 atom stereocenters. The summed E-state index contributed by atoms with van der Waals surface area (Å²) in [6, 6.07) is 14.6. The molecule has 0 aliphatic carbocycles. The molecule has 0 aliphatic rings. The second-order valence-electron chi connectivity index (χ2n) is 8.51. The third-order valence-corrected chi connectivity index (χ3v) is 5.89. The van der Waals surface area contributed by atoms with Gasteiger partial charge >= 0.3 is 0 Å². The molecule has 0 bridgehead atoms. The first-order valence-corrected chi connectivity index (χ1v) is 11.6. The standard InChI is InChI=1S/C26H25FN8O2/c1-37-16-23-32-25(26(36)30-13-20-11-19-7-9-29-24(28)21(19)12-22(20)27)33-35(23)15-18-5-3-17(4-6-18)14-34-10-2-8-31-34/h2-12H,13-16H2,1H3,(H2,28,29)(H,30,36). The number of rotatable bonds is 9. The maximum absolute atomic E-state index is 14.6. The highest BCUT2D eigenvalue weighted by Crippen LogP contribution is 2.22. The van der Waals surface area contributed by atoms with Crippen molar-refractivity contribution in [3.05, 3.63) is 101 Å². The van der Waals surface area contributed by atoms with Crippen LogP contribution in [0.4, 0.5) is 10.2 Å². The van der Waals surface area contributed by atoms with Crippen molar-refractivity contribution in [2.45, 2.75) is 26.2 Å². The number of nitrogens with one attached hydrogen (secondary N) is 1. The van der Waals surface area contributed by atoms with Crippen molar-refractivity contribution >= 4 is 22.5 Å². The third kappa shape index (κ3) is 5.46. The Morgan fingerprint density at radius 1 is 1.11 bits per heavy atom. The number of amides is 1. The van der Waals surface area contributed by atoms with Crippen LogP contribution in [0.2, 0.25) is 0 Å². The molecule has 1 amide bonds. The minimum atomic E-state index is -0.514. The highest BCUT2D eigenvalue weighted by molar-refractivity contribution is 5.92. The van der Waals surface area contributed by atoms with Crippen molar-refractivity contribution in [3.63, 3.8) is 0 Å². The normalized spacial score (nSPS) is 11.2. The van der Waals surface area contributed by atoms with Gasteiger partial charge in [0, 0.05) is 43.2 Å². The van der Waals surface area contributed by atoms with Crippen LogP contribution >= 0.6 is 0 Å². The monoisotopic (exact) mass is 500 g/mol. The lowest BCUT2D eigenvalue weighted by atomic mass is 10.1. The summed E-state index contributed by atoms with van der Waals surface area (Å²) in [5.41, 5.74) is 8.25. The summed E-state index contributed by atoms with van der Waals surface area (Å²) in [6.45, 7) is 1.24. The lowest BCUT2D eigenvalue weighted by Crippen LogP contribution is -2.24. The van der Waals surface area contributed by atoms with Crippen molar-refractivity contribution in [1.29, 1.82) is 0 Å². The highest BCUT2D eigenvalue weighted by Gasteiger charge is 2.17. The second kappa shape index (κ2) is 10.5. The van der Waals surface area contributed by atoms with E-state index in [9.17, 15) is 9.18 Å². The van der Waals surface area contributed by atoms with Gasteiger partial charge in [0.25, 0.3) is 5.91 Å². The first kappa shape index (κ1) is 24.1. The van der Waals surface area contributed by atoms with Crippen LogP contribution in [0.3, 0.4) is 0 Å². The van der Waals surface area contributed by atoms with Gasteiger partial charge in [0.1, 0.15) is 18.2 Å². The summed E-state index contributed by atoms with van der Waals surface area (Å²) in [7, 11) is 1.55. The Hall–Kier alpha value is -4.64. The third-order valence-electron chi connectivity index (χ3n) is 5.89. The van der Waals surface area contributed by atoms with Gasteiger partial charge in [-0.05, 0) is 40.8 Å². The minimum Gasteiger partial charge on any atom is -0.383 e. The van der Waals surface area contributed by atoms with Gasteiger partial charge in [-0.25, -0.2) is 19.0 Å². The SMILES string of the molecule is COCc1nc(C(=O)NCc2cc3ccnc(N)c3cc2F)nn1Cc1ccc(Cn2cccn2)cc1. The molecule has 2 aromatic carbocycles. The zero-order chi connectivity index (χ0) is 25.8. The Morgan fingerprint density at radius 2 is 1.89 bits per heavy atom. The molecule has 0 radical (unpaired) electrons. The van der Waals surface area contributed by atoms with Gasteiger partial charge in [0.15, 0.2) is 5.82 Å². The van der Waals surface area contributed by atoms with E-state index in [1.807, 2.05) is 41.2 Å². The summed E-state index contributed by atoms with van der Waals surface area (Å²) >= 11 is 0. The molecule has 10 nitrogen and oxygen atoms in total. The lowest BCUT2D eigenvalue weighted by molar-refractivity contribution is 0.0939. The van der Waals surface area contributed by atoms with Crippen molar-refractivity contribution in [3.8, 4) is 0 Å². The van der Waals surface area contributed by atoms with Crippen LogP contribution in [0, 0.1) is 5.82 Å². The molecule has 37 heavy (non-hydrogen) atoms. The van der Waals surface area contributed by atoms with Crippen LogP contribution in [0.25, 0.3) is 10.8 Å². The molecule has 0 saturated heterocycles.